The molecule has 0 unspecified atom stereocenters. The highest BCUT2D eigenvalue weighted by Gasteiger charge is 2.20. The Labute approximate surface area is 123 Å². The fraction of sp³-hybridized carbons (Fsp3) is 0.600. The average Bonchev–Trinajstić information content (AvgIpc) is 2.43. The summed E-state index contributed by atoms with van der Waals surface area (Å²) in [5.74, 6) is 0. The van der Waals surface area contributed by atoms with Crippen LogP contribution in [0.2, 0.25) is 0 Å². The fourth-order valence-corrected chi connectivity index (χ4v) is 2.94. The number of hydrogen-bond acceptors (Lipinski definition) is 3. The van der Waals surface area contributed by atoms with E-state index >= 15 is 0 Å². The largest absolute Gasteiger partial charge is 0.383 e. The van der Waals surface area contributed by atoms with E-state index < -0.39 is 10.0 Å². The summed E-state index contributed by atoms with van der Waals surface area (Å²) >= 11 is 0. The summed E-state index contributed by atoms with van der Waals surface area (Å²) in [6.45, 7) is 9.59. The predicted octanol–water partition coefficient (Wildman–Crippen LogP) is 3.22. The Kier molecular flexibility index (Phi) is 6.02. The maximum atomic E-state index is 12.3. The summed E-state index contributed by atoms with van der Waals surface area (Å²) in [7, 11) is -3.44. The van der Waals surface area contributed by atoms with Crippen LogP contribution in [0.3, 0.4) is 0 Å². The van der Waals surface area contributed by atoms with Gasteiger partial charge in [-0.2, -0.15) is 0 Å². The highest BCUT2D eigenvalue weighted by molar-refractivity contribution is 7.89. The molecule has 1 rings (SSSR count). The lowest BCUT2D eigenvalue weighted by Gasteiger charge is -2.24. The summed E-state index contributed by atoms with van der Waals surface area (Å²) in [5.41, 5.74) is 0.797. The maximum Gasteiger partial charge on any atom is 0.242 e. The van der Waals surface area contributed by atoms with E-state index in [1.807, 2.05) is 19.1 Å². The van der Waals surface area contributed by atoms with Gasteiger partial charge in [0.25, 0.3) is 0 Å². The standard InChI is InChI=1S/C15H26N2O2S/c1-5-11-17-20(18,19)14-10-8-7-9-13(14)16-12-15(3,4)6-2/h7-10,16-17H,5-6,11-12H2,1-4H3. The van der Waals surface area contributed by atoms with Crippen molar-refractivity contribution in [2.24, 2.45) is 5.41 Å². The molecule has 0 radical (unpaired) electrons. The van der Waals surface area contributed by atoms with Crippen molar-refractivity contribution in [1.29, 1.82) is 0 Å². The highest BCUT2D eigenvalue weighted by atomic mass is 32.2. The molecule has 4 nitrogen and oxygen atoms in total. The molecule has 0 saturated heterocycles. The molecular formula is C15H26N2O2S. The molecular weight excluding hydrogens is 272 g/mol. The molecule has 0 amide bonds. The molecule has 0 spiro atoms. The Morgan fingerprint density at radius 3 is 2.40 bits per heavy atom. The lowest BCUT2D eigenvalue weighted by Crippen LogP contribution is -2.27. The molecule has 114 valence electrons. The number of anilines is 1. The summed E-state index contributed by atoms with van der Waals surface area (Å²) in [6, 6.07) is 7.04. The van der Waals surface area contributed by atoms with Gasteiger partial charge in [0.1, 0.15) is 4.90 Å². The van der Waals surface area contributed by atoms with Crippen LogP contribution in [0.5, 0.6) is 0 Å². The monoisotopic (exact) mass is 298 g/mol. The molecule has 1 aromatic rings. The molecule has 20 heavy (non-hydrogen) atoms. The van der Waals surface area contributed by atoms with E-state index in [-0.39, 0.29) is 5.41 Å². The first kappa shape index (κ1) is 17.0. The van der Waals surface area contributed by atoms with Crippen molar-refractivity contribution in [2.75, 3.05) is 18.4 Å². The molecule has 0 heterocycles. The second-order valence-electron chi connectivity index (χ2n) is 5.77. The normalized spacial score (nSPS) is 12.4. The van der Waals surface area contributed by atoms with Gasteiger partial charge < -0.3 is 5.32 Å². The van der Waals surface area contributed by atoms with Crippen molar-refractivity contribution in [1.82, 2.24) is 4.72 Å². The summed E-state index contributed by atoms with van der Waals surface area (Å²) in [6.07, 6.45) is 1.81. The predicted molar refractivity (Wildman–Crippen MR) is 84.5 cm³/mol. The quantitative estimate of drug-likeness (QED) is 0.774. The van der Waals surface area contributed by atoms with E-state index in [4.69, 9.17) is 0 Å². The van der Waals surface area contributed by atoms with Gasteiger partial charge in [-0.25, -0.2) is 13.1 Å². The molecule has 0 aromatic heterocycles. The molecule has 2 N–H and O–H groups in total. The smallest absolute Gasteiger partial charge is 0.242 e. The van der Waals surface area contributed by atoms with Crippen molar-refractivity contribution in [2.45, 2.75) is 45.4 Å². The summed E-state index contributed by atoms with van der Waals surface area (Å²) < 4.78 is 27.1. The molecule has 5 heteroatoms. The highest BCUT2D eigenvalue weighted by Crippen LogP contribution is 2.24. The van der Waals surface area contributed by atoms with Crippen molar-refractivity contribution >= 4 is 15.7 Å². The average molecular weight is 298 g/mol. The van der Waals surface area contributed by atoms with E-state index in [0.717, 1.165) is 19.4 Å². The van der Waals surface area contributed by atoms with Gasteiger partial charge in [0, 0.05) is 13.1 Å². The fourth-order valence-electron chi connectivity index (χ4n) is 1.62. The van der Waals surface area contributed by atoms with Crippen LogP contribution < -0.4 is 10.0 Å². The zero-order chi connectivity index (χ0) is 15.2. The second kappa shape index (κ2) is 7.09. The van der Waals surface area contributed by atoms with Gasteiger partial charge in [-0.15, -0.1) is 0 Å². The van der Waals surface area contributed by atoms with Crippen LogP contribution in [0.1, 0.15) is 40.5 Å². The zero-order valence-corrected chi connectivity index (χ0v) is 13.7. The number of benzene rings is 1. The van der Waals surface area contributed by atoms with E-state index in [1.165, 1.54) is 0 Å². The van der Waals surface area contributed by atoms with Crippen LogP contribution in [-0.2, 0) is 10.0 Å². The van der Waals surface area contributed by atoms with Crippen molar-refractivity contribution < 1.29 is 8.42 Å². The van der Waals surface area contributed by atoms with Gasteiger partial charge in [0.2, 0.25) is 10.0 Å². The lowest BCUT2D eigenvalue weighted by atomic mass is 9.90. The number of rotatable bonds is 8. The Morgan fingerprint density at radius 1 is 1.15 bits per heavy atom. The molecule has 0 aliphatic rings. The van der Waals surface area contributed by atoms with Crippen LogP contribution in [0.4, 0.5) is 5.69 Å². The first-order chi connectivity index (χ1) is 9.32. The molecule has 0 fully saturated rings. The van der Waals surface area contributed by atoms with Crippen LogP contribution in [0, 0.1) is 5.41 Å². The van der Waals surface area contributed by atoms with Crippen molar-refractivity contribution in [3.63, 3.8) is 0 Å². The van der Waals surface area contributed by atoms with Crippen LogP contribution in [0.15, 0.2) is 29.2 Å². The van der Waals surface area contributed by atoms with Gasteiger partial charge in [-0.3, -0.25) is 0 Å². The molecule has 0 aliphatic carbocycles. The van der Waals surface area contributed by atoms with E-state index in [1.54, 1.807) is 12.1 Å². The number of hydrogen-bond donors (Lipinski definition) is 2. The minimum absolute atomic E-state index is 0.133. The lowest BCUT2D eigenvalue weighted by molar-refractivity contribution is 0.376. The van der Waals surface area contributed by atoms with Crippen LogP contribution in [-0.4, -0.2) is 21.5 Å². The molecule has 1 aromatic carbocycles. The minimum atomic E-state index is -3.44. The van der Waals surface area contributed by atoms with Gasteiger partial charge >= 0.3 is 0 Å². The van der Waals surface area contributed by atoms with E-state index in [2.05, 4.69) is 30.8 Å². The Hall–Kier alpha value is -1.07. The second-order valence-corrected chi connectivity index (χ2v) is 7.50. The van der Waals surface area contributed by atoms with Crippen LogP contribution in [0.25, 0.3) is 0 Å². The first-order valence-corrected chi connectivity index (χ1v) is 8.63. The Bertz CT molecular complexity index is 524. The number of sulfonamides is 1. The number of nitrogens with one attached hydrogen (secondary N) is 2. The summed E-state index contributed by atoms with van der Waals surface area (Å²) in [4.78, 5) is 0.320. The maximum absolute atomic E-state index is 12.3. The third-order valence-electron chi connectivity index (χ3n) is 3.43. The Morgan fingerprint density at radius 2 is 1.80 bits per heavy atom. The van der Waals surface area contributed by atoms with Crippen molar-refractivity contribution in [3.05, 3.63) is 24.3 Å². The van der Waals surface area contributed by atoms with Crippen molar-refractivity contribution in [3.8, 4) is 0 Å². The third kappa shape index (κ3) is 4.80. The Balaban J connectivity index is 2.94. The topological polar surface area (TPSA) is 58.2 Å². The van der Waals surface area contributed by atoms with Gasteiger partial charge in [-0.05, 0) is 30.4 Å². The first-order valence-electron chi connectivity index (χ1n) is 7.15. The van der Waals surface area contributed by atoms with Gasteiger partial charge in [-0.1, -0.05) is 39.8 Å². The third-order valence-corrected chi connectivity index (χ3v) is 4.95. The molecule has 0 atom stereocenters. The van der Waals surface area contributed by atoms with Gasteiger partial charge in [0.15, 0.2) is 0 Å². The minimum Gasteiger partial charge on any atom is -0.383 e. The SMILES string of the molecule is CCCNS(=O)(=O)c1ccccc1NCC(C)(C)CC. The van der Waals surface area contributed by atoms with E-state index in [9.17, 15) is 8.42 Å². The number of para-hydroxylation sites is 1. The zero-order valence-electron chi connectivity index (χ0n) is 12.9. The van der Waals surface area contributed by atoms with E-state index in [0.29, 0.717) is 17.1 Å². The van der Waals surface area contributed by atoms with Gasteiger partial charge in [0.05, 0.1) is 5.69 Å². The van der Waals surface area contributed by atoms with Crippen LogP contribution >= 0.6 is 0 Å². The molecule has 0 saturated carbocycles. The molecule has 0 bridgehead atoms. The molecule has 0 aliphatic heterocycles. The summed E-state index contributed by atoms with van der Waals surface area (Å²) in [5, 5.41) is 3.27.